The van der Waals surface area contributed by atoms with Crippen LogP contribution in [0.15, 0.2) is 58.8 Å². The third kappa shape index (κ3) is 3.09. The zero-order valence-corrected chi connectivity index (χ0v) is 12.2. The van der Waals surface area contributed by atoms with Crippen molar-refractivity contribution in [3.63, 3.8) is 0 Å². The van der Waals surface area contributed by atoms with E-state index in [0.717, 1.165) is 0 Å². The van der Waals surface area contributed by atoms with Gasteiger partial charge in [0.1, 0.15) is 5.82 Å². The van der Waals surface area contributed by atoms with Crippen LogP contribution < -0.4 is 11.5 Å². The van der Waals surface area contributed by atoms with Crippen LogP contribution in [0.2, 0.25) is 0 Å². The van der Waals surface area contributed by atoms with Crippen molar-refractivity contribution in [3.05, 3.63) is 59.9 Å². The normalized spacial score (nSPS) is 11.2. The Morgan fingerprint density at radius 1 is 1.09 bits per heavy atom. The molecule has 0 bridgehead atoms. The molecule has 1 heterocycles. The molecular weight excluding hydrogens is 295 g/mol. The molecule has 0 radical (unpaired) electrons. The van der Waals surface area contributed by atoms with Gasteiger partial charge in [-0.15, -0.1) is 5.11 Å². The Kier molecular flexibility index (Phi) is 4.11. The van der Waals surface area contributed by atoms with E-state index in [1.165, 1.54) is 6.07 Å². The predicted octanol–water partition coefficient (Wildman–Crippen LogP) is 3.67. The van der Waals surface area contributed by atoms with Crippen LogP contribution in [-0.4, -0.2) is 10.2 Å². The summed E-state index contributed by atoms with van der Waals surface area (Å²) in [5.74, 6) is -0.130. The Hall–Kier alpha value is -3.06. The predicted molar refractivity (Wildman–Crippen MR) is 86.9 cm³/mol. The number of benzene rings is 2. The third-order valence-corrected chi connectivity index (χ3v) is 3.34. The quantitative estimate of drug-likeness (QED) is 0.640. The second-order valence-electron chi connectivity index (χ2n) is 4.88. The van der Waals surface area contributed by atoms with E-state index in [4.69, 9.17) is 11.5 Å². The van der Waals surface area contributed by atoms with Crippen LogP contribution in [-0.2, 0) is 6.54 Å². The first-order valence-corrected chi connectivity index (χ1v) is 6.98. The molecule has 0 atom stereocenters. The van der Waals surface area contributed by atoms with E-state index in [1.807, 2.05) is 30.3 Å². The maximum Gasteiger partial charge on any atom is 0.173 e. The number of nitrogen functional groups attached to an aromatic ring is 1. The first-order chi connectivity index (χ1) is 11.2. The molecule has 3 aromatic rings. The smallest absolute Gasteiger partial charge is 0.173 e. The number of rotatable bonds is 4. The number of anilines is 1. The molecular formula is C16H15FN6. The van der Waals surface area contributed by atoms with Gasteiger partial charge in [-0.1, -0.05) is 18.2 Å². The lowest BCUT2D eigenvalue weighted by atomic mass is 10.1. The Morgan fingerprint density at radius 2 is 1.87 bits per heavy atom. The number of hydrogen-bond acceptors (Lipinski definition) is 5. The Bertz CT molecular complexity index is 841. The SMILES string of the molecule is NCc1cc(-c2[nH]nc(N)c2N=Nc2ccccc2)ccc1F. The maximum atomic E-state index is 13.6. The molecule has 23 heavy (non-hydrogen) atoms. The number of aromatic amines is 1. The highest BCUT2D eigenvalue weighted by Gasteiger charge is 2.14. The molecule has 0 amide bonds. The molecule has 0 unspecified atom stereocenters. The molecule has 3 rings (SSSR count). The summed E-state index contributed by atoms with van der Waals surface area (Å²) in [5.41, 5.74) is 14.2. The van der Waals surface area contributed by atoms with E-state index in [9.17, 15) is 4.39 Å². The number of H-pyrrole nitrogens is 1. The lowest BCUT2D eigenvalue weighted by Crippen LogP contribution is -1.99. The minimum absolute atomic E-state index is 0.101. The van der Waals surface area contributed by atoms with Gasteiger partial charge in [0, 0.05) is 17.7 Å². The van der Waals surface area contributed by atoms with Crippen LogP contribution in [0.25, 0.3) is 11.3 Å². The Balaban J connectivity index is 2.00. The maximum absolute atomic E-state index is 13.6. The van der Waals surface area contributed by atoms with Crippen LogP contribution in [0, 0.1) is 5.82 Å². The van der Waals surface area contributed by atoms with Crippen molar-refractivity contribution in [3.8, 4) is 11.3 Å². The van der Waals surface area contributed by atoms with E-state index >= 15 is 0 Å². The summed E-state index contributed by atoms with van der Waals surface area (Å²) >= 11 is 0. The van der Waals surface area contributed by atoms with Gasteiger partial charge in [-0.3, -0.25) is 5.10 Å². The molecule has 1 aromatic heterocycles. The van der Waals surface area contributed by atoms with Gasteiger partial charge in [0.05, 0.1) is 11.4 Å². The Morgan fingerprint density at radius 3 is 2.61 bits per heavy atom. The highest BCUT2D eigenvalue weighted by Crippen LogP contribution is 2.34. The van der Waals surface area contributed by atoms with Crippen LogP contribution >= 0.6 is 0 Å². The largest absolute Gasteiger partial charge is 0.380 e. The van der Waals surface area contributed by atoms with Gasteiger partial charge in [-0.05, 0) is 30.3 Å². The molecule has 5 N–H and O–H groups in total. The summed E-state index contributed by atoms with van der Waals surface area (Å²) in [6.45, 7) is 0.101. The second kappa shape index (κ2) is 6.37. The fourth-order valence-electron chi connectivity index (χ4n) is 2.14. The van der Waals surface area contributed by atoms with E-state index in [2.05, 4.69) is 20.4 Å². The summed E-state index contributed by atoms with van der Waals surface area (Å²) in [6.07, 6.45) is 0. The molecule has 0 saturated heterocycles. The first-order valence-electron chi connectivity index (χ1n) is 6.98. The average Bonchev–Trinajstić information content (AvgIpc) is 2.95. The van der Waals surface area contributed by atoms with Gasteiger partial charge in [-0.2, -0.15) is 10.2 Å². The van der Waals surface area contributed by atoms with Crippen LogP contribution in [0.1, 0.15) is 5.56 Å². The van der Waals surface area contributed by atoms with E-state index < -0.39 is 0 Å². The monoisotopic (exact) mass is 310 g/mol. The number of hydrogen-bond donors (Lipinski definition) is 3. The lowest BCUT2D eigenvalue weighted by molar-refractivity contribution is 0.611. The minimum Gasteiger partial charge on any atom is -0.380 e. The summed E-state index contributed by atoms with van der Waals surface area (Å²) in [5, 5.41) is 15.1. The topological polar surface area (TPSA) is 105 Å². The van der Waals surface area contributed by atoms with Gasteiger partial charge in [0.15, 0.2) is 11.5 Å². The van der Waals surface area contributed by atoms with Gasteiger partial charge in [-0.25, -0.2) is 4.39 Å². The van der Waals surface area contributed by atoms with Gasteiger partial charge in [0.2, 0.25) is 0 Å². The van der Waals surface area contributed by atoms with Crippen LogP contribution in [0.4, 0.5) is 21.6 Å². The summed E-state index contributed by atoms with van der Waals surface area (Å²) in [6, 6.07) is 13.9. The zero-order valence-electron chi connectivity index (χ0n) is 12.2. The van der Waals surface area contributed by atoms with Crippen molar-refractivity contribution in [1.82, 2.24) is 10.2 Å². The Labute approximate surface area is 132 Å². The fraction of sp³-hybridized carbons (Fsp3) is 0.0625. The second-order valence-corrected chi connectivity index (χ2v) is 4.88. The lowest BCUT2D eigenvalue weighted by Gasteiger charge is -2.04. The van der Waals surface area contributed by atoms with Crippen LogP contribution in [0.5, 0.6) is 0 Å². The molecule has 0 spiro atoms. The van der Waals surface area contributed by atoms with Gasteiger partial charge >= 0.3 is 0 Å². The molecule has 2 aromatic carbocycles. The summed E-state index contributed by atoms with van der Waals surface area (Å²) in [7, 11) is 0. The standard InChI is InChI=1S/C16H15FN6/c17-13-7-6-10(8-11(13)9-18)14-15(16(19)23-21-14)22-20-12-4-2-1-3-5-12/h1-8H,9,18H2,(H3,19,21,23). The number of aromatic nitrogens is 2. The molecule has 6 nitrogen and oxygen atoms in total. The van der Waals surface area contributed by atoms with E-state index in [0.29, 0.717) is 28.2 Å². The minimum atomic E-state index is -0.351. The number of nitrogens with two attached hydrogens (primary N) is 2. The molecule has 116 valence electrons. The van der Waals surface area contributed by atoms with Crippen molar-refractivity contribution in [2.24, 2.45) is 16.0 Å². The van der Waals surface area contributed by atoms with Crippen molar-refractivity contribution < 1.29 is 4.39 Å². The summed E-state index contributed by atoms with van der Waals surface area (Å²) in [4.78, 5) is 0. The molecule has 0 aliphatic carbocycles. The van der Waals surface area contributed by atoms with E-state index in [1.54, 1.807) is 12.1 Å². The van der Waals surface area contributed by atoms with E-state index in [-0.39, 0.29) is 18.2 Å². The number of halogens is 1. The number of azo groups is 1. The highest BCUT2D eigenvalue weighted by molar-refractivity contribution is 5.79. The number of nitrogens with one attached hydrogen (secondary N) is 1. The average molecular weight is 310 g/mol. The highest BCUT2D eigenvalue weighted by atomic mass is 19.1. The number of nitrogens with zero attached hydrogens (tertiary/aromatic N) is 3. The fourth-order valence-corrected chi connectivity index (χ4v) is 2.14. The van der Waals surface area contributed by atoms with Crippen molar-refractivity contribution in [2.75, 3.05) is 5.73 Å². The molecule has 0 fully saturated rings. The molecule has 0 saturated carbocycles. The van der Waals surface area contributed by atoms with Crippen molar-refractivity contribution >= 4 is 17.2 Å². The zero-order chi connectivity index (χ0) is 16.2. The molecule has 0 aliphatic rings. The first kappa shape index (κ1) is 14.9. The van der Waals surface area contributed by atoms with Gasteiger partial charge < -0.3 is 11.5 Å². The molecule has 0 aliphatic heterocycles. The summed E-state index contributed by atoms with van der Waals surface area (Å²) < 4.78 is 13.6. The third-order valence-electron chi connectivity index (χ3n) is 3.34. The van der Waals surface area contributed by atoms with Crippen LogP contribution in [0.3, 0.4) is 0 Å². The van der Waals surface area contributed by atoms with Gasteiger partial charge in [0.25, 0.3) is 0 Å². The van der Waals surface area contributed by atoms with Crippen molar-refractivity contribution in [2.45, 2.75) is 6.54 Å². The van der Waals surface area contributed by atoms with Crippen molar-refractivity contribution in [1.29, 1.82) is 0 Å². The molecule has 7 heteroatoms.